The highest BCUT2D eigenvalue weighted by Gasteiger charge is 2.17. The summed E-state index contributed by atoms with van der Waals surface area (Å²) in [7, 11) is 0. The lowest BCUT2D eigenvalue weighted by Crippen LogP contribution is -2.16. The number of furan rings is 1. The van der Waals surface area contributed by atoms with Gasteiger partial charge < -0.3 is 8.98 Å². The molecule has 0 saturated carbocycles. The fraction of sp³-hybridized carbons (Fsp3) is 0.438. The third-order valence-corrected chi connectivity index (χ3v) is 5.36. The second-order valence-corrected chi connectivity index (χ2v) is 7.81. The first-order chi connectivity index (χ1) is 11.6. The van der Waals surface area contributed by atoms with Crippen LogP contribution in [-0.2, 0) is 13.1 Å². The van der Waals surface area contributed by atoms with Crippen molar-refractivity contribution in [2.45, 2.75) is 39.0 Å². The predicted molar refractivity (Wildman–Crippen MR) is 96.6 cm³/mol. The van der Waals surface area contributed by atoms with Crippen molar-refractivity contribution in [3.05, 3.63) is 39.1 Å². The molecule has 3 aromatic rings. The van der Waals surface area contributed by atoms with Crippen LogP contribution in [0.5, 0.6) is 0 Å². The van der Waals surface area contributed by atoms with Gasteiger partial charge in [-0.05, 0) is 25.0 Å². The van der Waals surface area contributed by atoms with Gasteiger partial charge in [0.15, 0.2) is 16.7 Å². The van der Waals surface area contributed by atoms with Crippen molar-refractivity contribution >= 4 is 23.1 Å². The average Bonchev–Trinajstić information content (AvgIpc) is 3.24. The first kappa shape index (κ1) is 17.0. The molecule has 0 spiro atoms. The Bertz CT molecular complexity index is 846. The maximum atomic E-state index is 11.8. The maximum absolute atomic E-state index is 11.8. The topological polar surface area (TPSA) is 65.8 Å². The van der Waals surface area contributed by atoms with Gasteiger partial charge in [-0.15, -0.1) is 10.2 Å². The molecule has 0 aliphatic rings. The normalized spacial score (nSPS) is 11.5. The van der Waals surface area contributed by atoms with E-state index in [1.807, 2.05) is 24.4 Å². The lowest BCUT2D eigenvalue weighted by Gasteiger charge is -2.11. The highest BCUT2D eigenvalue weighted by molar-refractivity contribution is 7.99. The third-order valence-electron chi connectivity index (χ3n) is 3.53. The van der Waals surface area contributed by atoms with Crippen molar-refractivity contribution in [1.29, 1.82) is 0 Å². The van der Waals surface area contributed by atoms with E-state index >= 15 is 0 Å². The predicted octanol–water partition coefficient (Wildman–Crippen LogP) is 3.52. The molecule has 0 amide bonds. The molecule has 0 unspecified atom stereocenters. The molecule has 0 bridgehead atoms. The Morgan fingerprint density at radius 2 is 2.17 bits per heavy atom. The molecule has 24 heavy (non-hydrogen) atoms. The lowest BCUT2D eigenvalue weighted by atomic mass is 10.2. The van der Waals surface area contributed by atoms with Gasteiger partial charge >= 0.3 is 4.87 Å². The molecule has 0 N–H and O–H groups in total. The van der Waals surface area contributed by atoms with Crippen LogP contribution in [0.25, 0.3) is 11.6 Å². The van der Waals surface area contributed by atoms with Crippen LogP contribution in [-0.4, -0.2) is 25.1 Å². The Morgan fingerprint density at radius 1 is 1.33 bits per heavy atom. The SMILES string of the molecule is Cc1csc(=O)n1CCSc1nnc(-c2ccco2)n1CC(C)C. The zero-order chi connectivity index (χ0) is 17.1. The Hall–Kier alpha value is -1.80. The molecule has 8 heteroatoms. The highest BCUT2D eigenvalue weighted by atomic mass is 32.2. The van der Waals surface area contributed by atoms with Gasteiger partial charge in [-0.25, -0.2) is 0 Å². The van der Waals surface area contributed by atoms with Crippen molar-refractivity contribution in [2.24, 2.45) is 5.92 Å². The van der Waals surface area contributed by atoms with Gasteiger partial charge in [0.2, 0.25) is 0 Å². The average molecular weight is 364 g/mol. The molecule has 0 radical (unpaired) electrons. The first-order valence-electron chi connectivity index (χ1n) is 7.81. The van der Waals surface area contributed by atoms with Gasteiger partial charge in [0.25, 0.3) is 0 Å². The summed E-state index contributed by atoms with van der Waals surface area (Å²) in [6.07, 6.45) is 1.64. The van der Waals surface area contributed by atoms with Gasteiger partial charge in [0, 0.05) is 29.9 Å². The van der Waals surface area contributed by atoms with Crippen molar-refractivity contribution in [3.63, 3.8) is 0 Å². The van der Waals surface area contributed by atoms with Crippen LogP contribution in [0.2, 0.25) is 0 Å². The van der Waals surface area contributed by atoms with E-state index < -0.39 is 0 Å². The summed E-state index contributed by atoms with van der Waals surface area (Å²) in [5.41, 5.74) is 1.01. The fourth-order valence-electron chi connectivity index (χ4n) is 2.42. The maximum Gasteiger partial charge on any atom is 0.307 e. The van der Waals surface area contributed by atoms with Crippen LogP contribution in [0.15, 0.2) is 38.1 Å². The van der Waals surface area contributed by atoms with E-state index in [1.165, 1.54) is 11.3 Å². The van der Waals surface area contributed by atoms with Crippen LogP contribution in [0.1, 0.15) is 19.5 Å². The van der Waals surface area contributed by atoms with Crippen LogP contribution in [0.3, 0.4) is 0 Å². The van der Waals surface area contributed by atoms with E-state index in [2.05, 4.69) is 28.6 Å². The van der Waals surface area contributed by atoms with E-state index in [0.717, 1.165) is 34.7 Å². The van der Waals surface area contributed by atoms with Gasteiger partial charge in [0.1, 0.15) is 0 Å². The summed E-state index contributed by atoms with van der Waals surface area (Å²) in [4.78, 5) is 11.9. The van der Waals surface area contributed by atoms with Crippen LogP contribution in [0, 0.1) is 12.8 Å². The zero-order valence-corrected chi connectivity index (χ0v) is 15.6. The summed E-state index contributed by atoms with van der Waals surface area (Å²) >= 11 is 2.86. The standard InChI is InChI=1S/C16H20N4O2S2/c1-11(2)9-20-14(13-5-4-7-22-13)17-18-15(20)23-8-6-19-12(3)10-24-16(19)21/h4-5,7,10-11H,6,8-9H2,1-3H3. The Morgan fingerprint density at radius 3 is 2.79 bits per heavy atom. The second kappa shape index (κ2) is 7.40. The summed E-state index contributed by atoms with van der Waals surface area (Å²) in [5, 5.41) is 11.4. The number of thioether (sulfide) groups is 1. The number of rotatable bonds is 7. The number of thiazole rings is 1. The molecule has 3 aromatic heterocycles. The molecule has 0 aliphatic carbocycles. The minimum Gasteiger partial charge on any atom is -0.461 e. The van der Waals surface area contributed by atoms with E-state index in [9.17, 15) is 4.79 Å². The second-order valence-electron chi connectivity index (χ2n) is 5.93. The number of hydrogen-bond donors (Lipinski definition) is 0. The van der Waals surface area contributed by atoms with E-state index in [4.69, 9.17) is 4.42 Å². The molecular formula is C16H20N4O2S2. The molecule has 128 valence electrons. The monoisotopic (exact) mass is 364 g/mol. The van der Waals surface area contributed by atoms with Crippen molar-refractivity contribution < 1.29 is 4.42 Å². The van der Waals surface area contributed by atoms with Crippen molar-refractivity contribution in [1.82, 2.24) is 19.3 Å². The summed E-state index contributed by atoms with van der Waals surface area (Å²) in [6.45, 7) is 7.77. The molecule has 0 saturated heterocycles. The minimum atomic E-state index is 0.0908. The fourth-order valence-corrected chi connectivity index (χ4v) is 4.05. The molecular weight excluding hydrogens is 344 g/mol. The summed E-state index contributed by atoms with van der Waals surface area (Å²) < 4.78 is 9.37. The minimum absolute atomic E-state index is 0.0908. The number of hydrogen-bond acceptors (Lipinski definition) is 6. The molecule has 0 atom stereocenters. The van der Waals surface area contributed by atoms with Gasteiger partial charge in [0.05, 0.1) is 6.26 Å². The van der Waals surface area contributed by atoms with Crippen LogP contribution < -0.4 is 4.87 Å². The van der Waals surface area contributed by atoms with Gasteiger partial charge in [-0.3, -0.25) is 9.36 Å². The van der Waals surface area contributed by atoms with E-state index in [-0.39, 0.29) is 4.87 Å². The lowest BCUT2D eigenvalue weighted by molar-refractivity contribution is 0.489. The zero-order valence-electron chi connectivity index (χ0n) is 13.9. The van der Waals surface area contributed by atoms with E-state index in [1.54, 1.807) is 22.6 Å². The Kier molecular flexibility index (Phi) is 5.25. The molecule has 3 heterocycles. The molecule has 0 fully saturated rings. The molecule has 0 aliphatic heterocycles. The third kappa shape index (κ3) is 3.64. The van der Waals surface area contributed by atoms with E-state index in [0.29, 0.717) is 12.5 Å². The van der Waals surface area contributed by atoms with Gasteiger partial charge in [-0.2, -0.15) is 0 Å². The quantitative estimate of drug-likeness (QED) is 0.600. The van der Waals surface area contributed by atoms with Crippen LogP contribution in [0.4, 0.5) is 0 Å². The Balaban J connectivity index is 1.76. The van der Waals surface area contributed by atoms with Crippen molar-refractivity contribution in [3.8, 4) is 11.6 Å². The largest absolute Gasteiger partial charge is 0.461 e. The summed E-state index contributed by atoms with van der Waals surface area (Å²) in [6, 6.07) is 3.74. The van der Waals surface area contributed by atoms with Crippen molar-refractivity contribution in [2.75, 3.05) is 5.75 Å². The summed E-state index contributed by atoms with van der Waals surface area (Å²) in [5.74, 6) is 2.71. The molecule has 3 rings (SSSR count). The number of aromatic nitrogens is 4. The number of aryl methyl sites for hydroxylation is 1. The van der Waals surface area contributed by atoms with Gasteiger partial charge in [-0.1, -0.05) is 36.9 Å². The number of nitrogens with zero attached hydrogens (tertiary/aromatic N) is 4. The smallest absolute Gasteiger partial charge is 0.307 e. The van der Waals surface area contributed by atoms with Crippen LogP contribution >= 0.6 is 23.1 Å². The highest BCUT2D eigenvalue weighted by Crippen LogP contribution is 2.25. The molecule has 6 nitrogen and oxygen atoms in total. The first-order valence-corrected chi connectivity index (χ1v) is 9.67. The molecule has 0 aromatic carbocycles. The Labute approximate surface area is 148 Å².